The van der Waals surface area contributed by atoms with E-state index in [1.165, 1.54) is 0 Å². The lowest BCUT2D eigenvalue weighted by Gasteiger charge is -2.06. The van der Waals surface area contributed by atoms with Crippen LogP contribution in [-0.4, -0.2) is 16.8 Å². The Bertz CT molecular complexity index is 196. The molecule has 0 radical (unpaired) electrons. The monoisotopic (exact) mass is 186 g/mol. The Morgan fingerprint density at radius 2 is 2.25 bits per heavy atom. The highest BCUT2D eigenvalue weighted by Crippen LogP contribution is 2.23. The maximum Gasteiger partial charge on any atom is 0.0882 e. The van der Waals surface area contributed by atoms with E-state index in [4.69, 9.17) is 5.11 Å². The lowest BCUT2D eigenvalue weighted by atomic mass is 10.1. The fraction of sp³-hybridized carbons (Fsp3) is 0.556. The predicted molar refractivity (Wildman–Crippen MR) is 50.2 cm³/mol. The first kappa shape index (κ1) is 9.71. The number of rotatable bonds is 5. The van der Waals surface area contributed by atoms with Gasteiger partial charge in [-0.3, -0.25) is 0 Å². The number of hydrogen-bond acceptors (Lipinski definition) is 3. The molecule has 0 fully saturated rings. The van der Waals surface area contributed by atoms with Crippen LogP contribution in [0.5, 0.6) is 0 Å². The van der Waals surface area contributed by atoms with Crippen molar-refractivity contribution in [2.45, 2.75) is 25.4 Å². The van der Waals surface area contributed by atoms with Gasteiger partial charge in [-0.15, -0.1) is 11.3 Å². The van der Waals surface area contributed by atoms with Crippen molar-refractivity contribution in [1.82, 2.24) is 0 Å². The third-order valence-electron chi connectivity index (χ3n) is 1.76. The molecule has 3 heteroatoms. The van der Waals surface area contributed by atoms with Crippen LogP contribution >= 0.6 is 11.3 Å². The summed E-state index contributed by atoms with van der Waals surface area (Å²) in [4.78, 5) is 1.02. The highest BCUT2D eigenvalue weighted by Gasteiger charge is 2.06. The molecule has 0 saturated heterocycles. The van der Waals surface area contributed by atoms with Crippen LogP contribution in [0.4, 0.5) is 0 Å². The van der Waals surface area contributed by atoms with Crippen LogP contribution in [0.1, 0.15) is 30.2 Å². The molecule has 2 nitrogen and oxygen atoms in total. The third-order valence-corrected chi connectivity index (χ3v) is 2.73. The Morgan fingerprint density at radius 3 is 2.83 bits per heavy atom. The Morgan fingerprint density at radius 1 is 1.42 bits per heavy atom. The van der Waals surface area contributed by atoms with E-state index in [2.05, 4.69) is 0 Å². The van der Waals surface area contributed by atoms with Gasteiger partial charge < -0.3 is 10.2 Å². The summed E-state index contributed by atoms with van der Waals surface area (Å²) in [6.45, 7) is 0.219. The van der Waals surface area contributed by atoms with E-state index in [-0.39, 0.29) is 12.7 Å². The average molecular weight is 186 g/mol. The molecular formula is C9H14O2S. The topological polar surface area (TPSA) is 40.5 Å². The second-order valence-electron chi connectivity index (χ2n) is 2.75. The summed E-state index contributed by atoms with van der Waals surface area (Å²) in [6.07, 6.45) is 2.08. The van der Waals surface area contributed by atoms with E-state index >= 15 is 0 Å². The molecule has 1 aromatic heterocycles. The van der Waals surface area contributed by atoms with E-state index in [0.29, 0.717) is 0 Å². The Kier molecular flexibility index (Phi) is 4.29. The smallest absolute Gasteiger partial charge is 0.0882 e. The first-order chi connectivity index (χ1) is 5.84. The molecule has 1 aromatic rings. The van der Waals surface area contributed by atoms with Gasteiger partial charge >= 0.3 is 0 Å². The van der Waals surface area contributed by atoms with Crippen LogP contribution in [0.15, 0.2) is 17.5 Å². The van der Waals surface area contributed by atoms with Gasteiger partial charge in [-0.25, -0.2) is 0 Å². The lowest BCUT2D eigenvalue weighted by Crippen LogP contribution is -1.95. The van der Waals surface area contributed by atoms with Crippen molar-refractivity contribution in [2.24, 2.45) is 0 Å². The Balaban J connectivity index is 2.25. The van der Waals surface area contributed by atoms with Crippen LogP contribution in [-0.2, 0) is 0 Å². The Labute approximate surface area is 76.5 Å². The quantitative estimate of drug-likeness (QED) is 0.690. The van der Waals surface area contributed by atoms with Gasteiger partial charge in [0.2, 0.25) is 0 Å². The van der Waals surface area contributed by atoms with E-state index in [9.17, 15) is 5.11 Å². The molecule has 0 spiro atoms. The molecule has 0 amide bonds. The zero-order chi connectivity index (χ0) is 8.81. The first-order valence-electron chi connectivity index (χ1n) is 4.17. The Hall–Kier alpha value is -0.380. The van der Waals surface area contributed by atoms with Crippen LogP contribution in [0, 0.1) is 0 Å². The van der Waals surface area contributed by atoms with E-state index in [0.717, 1.165) is 24.1 Å². The summed E-state index contributed by atoms with van der Waals surface area (Å²) in [5, 5.41) is 20.1. The van der Waals surface area contributed by atoms with Crippen molar-refractivity contribution in [3.8, 4) is 0 Å². The van der Waals surface area contributed by atoms with Gasteiger partial charge in [0.15, 0.2) is 0 Å². The molecule has 0 aliphatic carbocycles. The molecule has 1 unspecified atom stereocenters. The predicted octanol–water partition coefficient (Wildman–Crippen LogP) is 1.94. The molecule has 0 aliphatic rings. The van der Waals surface area contributed by atoms with Crippen LogP contribution in [0.2, 0.25) is 0 Å². The number of aliphatic hydroxyl groups excluding tert-OH is 2. The second-order valence-corrected chi connectivity index (χ2v) is 3.73. The van der Waals surface area contributed by atoms with Gasteiger partial charge in [0.05, 0.1) is 6.10 Å². The molecule has 0 saturated carbocycles. The molecular weight excluding hydrogens is 172 g/mol. The zero-order valence-corrected chi connectivity index (χ0v) is 7.76. The van der Waals surface area contributed by atoms with Gasteiger partial charge in [0.25, 0.3) is 0 Å². The van der Waals surface area contributed by atoms with Gasteiger partial charge in [-0.1, -0.05) is 6.07 Å². The fourth-order valence-electron chi connectivity index (χ4n) is 1.07. The summed E-state index contributed by atoms with van der Waals surface area (Å²) in [7, 11) is 0. The first-order valence-corrected chi connectivity index (χ1v) is 5.05. The van der Waals surface area contributed by atoms with Crippen molar-refractivity contribution < 1.29 is 10.2 Å². The van der Waals surface area contributed by atoms with E-state index < -0.39 is 0 Å². The minimum atomic E-state index is -0.337. The van der Waals surface area contributed by atoms with Crippen molar-refractivity contribution >= 4 is 11.3 Å². The molecule has 0 bridgehead atoms. The van der Waals surface area contributed by atoms with Crippen molar-refractivity contribution in [3.63, 3.8) is 0 Å². The minimum Gasteiger partial charge on any atom is -0.396 e. The highest BCUT2D eigenvalue weighted by molar-refractivity contribution is 7.10. The summed E-state index contributed by atoms with van der Waals surface area (Å²) in [5.41, 5.74) is 0. The standard InChI is InChI=1S/C9H14O2S/c10-6-2-1-4-8(11)9-5-3-7-12-9/h3,5,7-8,10-11H,1-2,4,6H2. The summed E-state index contributed by atoms with van der Waals surface area (Å²) < 4.78 is 0. The molecule has 1 rings (SSSR count). The van der Waals surface area contributed by atoms with Gasteiger partial charge in [-0.2, -0.15) is 0 Å². The largest absolute Gasteiger partial charge is 0.396 e. The minimum absolute atomic E-state index is 0.219. The number of unbranched alkanes of at least 4 members (excludes halogenated alkanes) is 1. The highest BCUT2D eigenvalue weighted by atomic mass is 32.1. The molecule has 1 atom stereocenters. The van der Waals surface area contributed by atoms with Crippen molar-refractivity contribution in [3.05, 3.63) is 22.4 Å². The van der Waals surface area contributed by atoms with Crippen LogP contribution < -0.4 is 0 Å². The summed E-state index contributed by atoms with van der Waals surface area (Å²) in [5.74, 6) is 0. The average Bonchev–Trinajstić information content (AvgIpc) is 2.56. The molecule has 68 valence electrons. The maximum atomic E-state index is 9.56. The van der Waals surface area contributed by atoms with Gasteiger partial charge in [0.1, 0.15) is 0 Å². The van der Waals surface area contributed by atoms with Gasteiger partial charge in [0, 0.05) is 11.5 Å². The molecule has 12 heavy (non-hydrogen) atoms. The molecule has 0 aliphatic heterocycles. The van der Waals surface area contributed by atoms with Crippen molar-refractivity contribution in [1.29, 1.82) is 0 Å². The SMILES string of the molecule is OCCCCC(O)c1cccs1. The van der Waals surface area contributed by atoms with Crippen LogP contribution in [0.3, 0.4) is 0 Å². The normalized spacial score (nSPS) is 13.2. The molecule has 0 aromatic carbocycles. The zero-order valence-electron chi connectivity index (χ0n) is 6.94. The molecule has 2 N–H and O–H groups in total. The van der Waals surface area contributed by atoms with Crippen molar-refractivity contribution in [2.75, 3.05) is 6.61 Å². The summed E-state index contributed by atoms with van der Waals surface area (Å²) in [6, 6.07) is 3.88. The third kappa shape index (κ3) is 2.93. The summed E-state index contributed by atoms with van der Waals surface area (Å²) >= 11 is 1.58. The molecule has 1 heterocycles. The number of aliphatic hydroxyl groups is 2. The lowest BCUT2D eigenvalue weighted by molar-refractivity contribution is 0.163. The number of thiophene rings is 1. The van der Waals surface area contributed by atoms with Gasteiger partial charge in [-0.05, 0) is 30.7 Å². The van der Waals surface area contributed by atoms with E-state index in [1.807, 2.05) is 17.5 Å². The second kappa shape index (κ2) is 5.30. The maximum absolute atomic E-state index is 9.56. The fourth-order valence-corrected chi connectivity index (χ4v) is 1.82. The van der Waals surface area contributed by atoms with E-state index in [1.54, 1.807) is 11.3 Å². The van der Waals surface area contributed by atoms with Crippen LogP contribution in [0.25, 0.3) is 0 Å². The number of hydrogen-bond donors (Lipinski definition) is 2.